The van der Waals surface area contributed by atoms with Crippen molar-refractivity contribution in [3.05, 3.63) is 66.2 Å². The Balaban J connectivity index is 1.23. The highest BCUT2D eigenvalue weighted by Gasteiger charge is 2.53. The van der Waals surface area contributed by atoms with Crippen molar-refractivity contribution in [2.75, 3.05) is 26.7 Å². The Bertz CT molecular complexity index is 969. The molecule has 5 rings (SSSR count). The summed E-state index contributed by atoms with van der Waals surface area (Å²) in [6, 6.07) is 20.1. The number of nitrogens with one attached hydrogen (secondary N) is 1. The van der Waals surface area contributed by atoms with E-state index in [0.29, 0.717) is 6.42 Å². The average molecular weight is 448 g/mol. The number of benzene rings is 2. The van der Waals surface area contributed by atoms with Crippen LogP contribution in [0.25, 0.3) is 0 Å². The molecule has 1 aliphatic carbocycles. The molecule has 0 unspecified atom stereocenters. The summed E-state index contributed by atoms with van der Waals surface area (Å²) in [5.74, 6) is 1.17. The number of hydrogen-bond donors (Lipinski definition) is 1. The predicted octanol–water partition coefficient (Wildman–Crippen LogP) is 2.98. The van der Waals surface area contributed by atoms with Crippen molar-refractivity contribution in [3.8, 4) is 5.75 Å². The second kappa shape index (κ2) is 9.18. The van der Waals surface area contributed by atoms with E-state index < -0.39 is 0 Å². The van der Waals surface area contributed by atoms with Gasteiger partial charge in [0.1, 0.15) is 11.9 Å². The minimum atomic E-state index is -0.305. The lowest BCUT2D eigenvalue weighted by atomic mass is 9.92. The molecule has 33 heavy (non-hydrogen) atoms. The minimum absolute atomic E-state index is 0.0119. The summed E-state index contributed by atoms with van der Waals surface area (Å²) in [5.41, 5.74) is 0.846. The van der Waals surface area contributed by atoms with E-state index >= 15 is 0 Å². The van der Waals surface area contributed by atoms with E-state index in [4.69, 9.17) is 4.74 Å². The molecule has 0 spiro atoms. The Morgan fingerprint density at radius 1 is 0.970 bits per heavy atom. The minimum Gasteiger partial charge on any atom is -0.489 e. The lowest BCUT2D eigenvalue weighted by molar-refractivity contribution is -0.136. The molecule has 0 aromatic heterocycles. The van der Waals surface area contributed by atoms with E-state index in [1.807, 2.05) is 48.5 Å². The number of carbonyl (C=O) groups is 2. The van der Waals surface area contributed by atoms with Crippen molar-refractivity contribution in [1.82, 2.24) is 15.1 Å². The normalized spacial score (nSPS) is 24.9. The van der Waals surface area contributed by atoms with Crippen LogP contribution in [-0.2, 0) is 15.0 Å². The molecule has 0 bridgehead atoms. The first-order valence-corrected chi connectivity index (χ1v) is 12.1. The lowest BCUT2D eigenvalue weighted by Gasteiger charge is -2.40. The van der Waals surface area contributed by atoms with Gasteiger partial charge in [0.25, 0.3) is 0 Å². The molecule has 0 radical (unpaired) electrons. The van der Waals surface area contributed by atoms with E-state index in [1.165, 1.54) is 0 Å². The van der Waals surface area contributed by atoms with Crippen LogP contribution in [0.5, 0.6) is 5.75 Å². The van der Waals surface area contributed by atoms with Crippen molar-refractivity contribution in [1.29, 1.82) is 0 Å². The molecule has 2 aliphatic heterocycles. The third kappa shape index (κ3) is 4.36. The highest BCUT2D eigenvalue weighted by Crippen LogP contribution is 2.50. The second-order valence-electron chi connectivity index (χ2n) is 9.59. The Hall–Kier alpha value is -2.86. The van der Waals surface area contributed by atoms with Crippen LogP contribution >= 0.6 is 0 Å². The Labute approximate surface area is 195 Å². The quantitative estimate of drug-likeness (QED) is 0.740. The maximum atomic E-state index is 13.4. The number of likely N-dealkylation sites (N-methyl/N-ethyl adjacent to an activating group) is 1. The molecule has 2 saturated heterocycles. The summed E-state index contributed by atoms with van der Waals surface area (Å²) in [6.07, 6.45) is 4.34. The van der Waals surface area contributed by atoms with Crippen molar-refractivity contribution in [2.24, 2.45) is 0 Å². The molecule has 3 aliphatic rings. The summed E-state index contributed by atoms with van der Waals surface area (Å²) in [4.78, 5) is 30.4. The third-order valence-electron chi connectivity index (χ3n) is 7.60. The van der Waals surface area contributed by atoms with E-state index in [2.05, 4.69) is 27.2 Å². The number of carbonyl (C=O) groups excluding carboxylic acids is 2. The lowest BCUT2D eigenvalue weighted by Crippen LogP contribution is -2.53. The van der Waals surface area contributed by atoms with Gasteiger partial charge in [-0.1, -0.05) is 48.5 Å². The van der Waals surface area contributed by atoms with Crippen LogP contribution in [0, 0.1) is 0 Å². The standard InChI is InChI=1S/C27H33N3O3/c1-28-25(31)24-18-23(33-22-10-6-3-7-11-22)19-30(24)21-12-16-29(17-13-21)26(32)27(14-15-27)20-8-4-2-5-9-20/h2-11,21,23-24H,12-19H2,1H3,(H,28,31)/t23-,24-/m0/s1. The van der Waals surface area contributed by atoms with Gasteiger partial charge in [-0.05, 0) is 43.4 Å². The fraction of sp³-hybridized carbons (Fsp3) is 0.481. The van der Waals surface area contributed by atoms with Gasteiger partial charge in [0.05, 0.1) is 11.5 Å². The van der Waals surface area contributed by atoms with Crippen LogP contribution in [0.15, 0.2) is 60.7 Å². The Morgan fingerprint density at radius 2 is 1.61 bits per heavy atom. The third-order valence-corrected chi connectivity index (χ3v) is 7.60. The van der Waals surface area contributed by atoms with Gasteiger partial charge in [-0.25, -0.2) is 0 Å². The smallest absolute Gasteiger partial charge is 0.237 e. The molecule has 2 heterocycles. The van der Waals surface area contributed by atoms with Crippen molar-refractivity contribution >= 4 is 11.8 Å². The topological polar surface area (TPSA) is 61.9 Å². The maximum absolute atomic E-state index is 13.4. The van der Waals surface area contributed by atoms with Gasteiger partial charge in [-0.2, -0.15) is 0 Å². The monoisotopic (exact) mass is 447 g/mol. The summed E-state index contributed by atoms with van der Waals surface area (Å²) in [7, 11) is 1.70. The van der Waals surface area contributed by atoms with Gasteiger partial charge >= 0.3 is 0 Å². The van der Waals surface area contributed by atoms with E-state index in [1.54, 1.807) is 7.05 Å². The first-order chi connectivity index (χ1) is 16.1. The Morgan fingerprint density at radius 3 is 2.21 bits per heavy atom. The molecule has 6 heteroatoms. The molecule has 2 atom stereocenters. The van der Waals surface area contributed by atoms with Gasteiger partial charge in [0.2, 0.25) is 11.8 Å². The van der Waals surface area contributed by atoms with E-state index in [9.17, 15) is 9.59 Å². The SMILES string of the molecule is CNC(=O)[C@@H]1C[C@H](Oc2ccccc2)CN1C1CCN(C(=O)C2(c3ccccc3)CC2)CC1. The van der Waals surface area contributed by atoms with E-state index in [-0.39, 0.29) is 35.4 Å². The number of ether oxygens (including phenoxy) is 1. The fourth-order valence-corrected chi connectivity index (χ4v) is 5.64. The maximum Gasteiger partial charge on any atom is 0.237 e. The molecule has 2 aromatic rings. The van der Waals surface area contributed by atoms with Crippen LogP contribution in [0.4, 0.5) is 0 Å². The largest absolute Gasteiger partial charge is 0.489 e. The van der Waals surface area contributed by atoms with Gasteiger partial charge < -0.3 is 15.0 Å². The number of amides is 2. The number of hydrogen-bond acceptors (Lipinski definition) is 4. The van der Waals surface area contributed by atoms with Gasteiger partial charge in [-0.3, -0.25) is 14.5 Å². The number of likely N-dealkylation sites (tertiary alicyclic amines) is 2. The molecule has 1 saturated carbocycles. The van der Waals surface area contributed by atoms with Crippen LogP contribution < -0.4 is 10.1 Å². The van der Waals surface area contributed by atoms with Crippen molar-refractivity contribution in [3.63, 3.8) is 0 Å². The highest BCUT2D eigenvalue weighted by molar-refractivity contribution is 5.91. The second-order valence-corrected chi connectivity index (χ2v) is 9.59. The van der Waals surface area contributed by atoms with Gasteiger partial charge in [0, 0.05) is 39.1 Å². The van der Waals surface area contributed by atoms with Gasteiger partial charge in [0.15, 0.2) is 0 Å². The fourth-order valence-electron chi connectivity index (χ4n) is 5.64. The number of rotatable bonds is 6. The zero-order valence-corrected chi connectivity index (χ0v) is 19.3. The van der Waals surface area contributed by atoms with Crippen LogP contribution in [0.2, 0.25) is 0 Å². The van der Waals surface area contributed by atoms with Crippen LogP contribution in [0.1, 0.15) is 37.7 Å². The van der Waals surface area contributed by atoms with Crippen LogP contribution in [-0.4, -0.2) is 66.5 Å². The zero-order chi connectivity index (χ0) is 22.8. The predicted molar refractivity (Wildman–Crippen MR) is 127 cm³/mol. The summed E-state index contributed by atoms with van der Waals surface area (Å²) < 4.78 is 6.20. The zero-order valence-electron chi connectivity index (χ0n) is 19.3. The van der Waals surface area contributed by atoms with E-state index in [0.717, 1.165) is 56.6 Å². The highest BCUT2D eigenvalue weighted by atomic mass is 16.5. The number of piperidine rings is 1. The molecular formula is C27H33N3O3. The molecule has 6 nitrogen and oxygen atoms in total. The molecule has 2 aromatic carbocycles. The Kier molecular flexibility index (Phi) is 6.11. The number of nitrogens with zero attached hydrogens (tertiary/aromatic N) is 2. The van der Waals surface area contributed by atoms with Crippen molar-refractivity contribution in [2.45, 2.75) is 55.7 Å². The van der Waals surface area contributed by atoms with Gasteiger partial charge in [-0.15, -0.1) is 0 Å². The first-order valence-electron chi connectivity index (χ1n) is 12.1. The summed E-state index contributed by atoms with van der Waals surface area (Å²) in [5, 5.41) is 2.83. The molecule has 2 amide bonds. The molecule has 1 N–H and O–H groups in total. The first kappa shape index (κ1) is 22.0. The summed E-state index contributed by atoms with van der Waals surface area (Å²) in [6.45, 7) is 2.23. The molecule has 174 valence electrons. The average Bonchev–Trinajstić information content (AvgIpc) is 3.58. The van der Waals surface area contributed by atoms with Crippen LogP contribution in [0.3, 0.4) is 0 Å². The molecule has 3 fully saturated rings. The van der Waals surface area contributed by atoms with Crippen molar-refractivity contribution < 1.29 is 14.3 Å². The number of para-hydroxylation sites is 1. The molecular weight excluding hydrogens is 414 g/mol. The summed E-state index contributed by atoms with van der Waals surface area (Å²) >= 11 is 0.